The number of nitrogens with one attached hydrogen (secondary N) is 2. The fourth-order valence-corrected chi connectivity index (χ4v) is 8.58. The molecule has 5 amide bonds. The standard InChI is InChI=1S/C40H39FN4O6S/c1-44(22-23-13-15-24(16-14-23)37-26-8-6-10-31(46)28-20-25(41)21-29(42-37)35(26)28)34(48)12-4-2-3-5-19-52-32-11-7-9-27-36(32)40(51)45(39(27)50)30-17-18-33(47)43-38(30)49/h7,9,11,13-16,20-21,30,42H,2-6,8,10,12,17-19,22H2,1H3,(H,43,47,49). The number of fused-ring (bicyclic) bond motifs is 1. The fourth-order valence-electron chi connectivity index (χ4n) is 7.49. The van der Waals surface area contributed by atoms with Crippen molar-refractivity contribution < 1.29 is 33.2 Å². The van der Waals surface area contributed by atoms with Crippen LogP contribution in [0.3, 0.4) is 0 Å². The molecule has 1 fully saturated rings. The summed E-state index contributed by atoms with van der Waals surface area (Å²) in [5.74, 6) is -1.69. The van der Waals surface area contributed by atoms with Crippen molar-refractivity contribution in [3.05, 3.63) is 88.2 Å². The van der Waals surface area contributed by atoms with Crippen LogP contribution in [0.1, 0.15) is 100.0 Å². The first-order valence-corrected chi connectivity index (χ1v) is 18.8. The number of unbranched alkanes of at least 4 members (excludes halogenated alkanes) is 3. The molecule has 3 aromatic carbocycles. The monoisotopic (exact) mass is 722 g/mol. The van der Waals surface area contributed by atoms with E-state index in [9.17, 15) is 33.2 Å². The number of carbonyl (C=O) groups is 6. The van der Waals surface area contributed by atoms with Gasteiger partial charge in [-0.15, -0.1) is 11.8 Å². The summed E-state index contributed by atoms with van der Waals surface area (Å²) in [7, 11) is 1.80. The lowest BCUT2D eigenvalue weighted by Gasteiger charge is -2.27. The minimum Gasteiger partial charge on any atom is -0.354 e. The van der Waals surface area contributed by atoms with Crippen molar-refractivity contribution in [2.45, 2.75) is 81.7 Å². The van der Waals surface area contributed by atoms with E-state index in [0.29, 0.717) is 47.3 Å². The van der Waals surface area contributed by atoms with E-state index in [1.54, 1.807) is 24.1 Å². The molecule has 0 spiro atoms. The van der Waals surface area contributed by atoms with E-state index in [2.05, 4.69) is 10.3 Å². The molecule has 1 atom stereocenters. The van der Waals surface area contributed by atoms with Gasteiger partial charge in [0.25, 0.3) is 11.8 Å². The van der Waals surface area contributed by atoms with Gasteiger partial charge < -0.3 is 9.88 Å². The smallest absolute Gasteiger partial charge is 0.263 e. The number of aryl methyl sites for hydroxylation is 1. The highest BCUT2D eigenvalue weighted by Gasteiger charge is 2.45. The molecule has 10 nitrogen and oxygen atoms in total. The Hall–Kier alpha value is -5.10. The molecule has 2 aliphatic heterocycles. The maximum Gasteiger partial charge on any atom is 0.263 e. The number of hydrogen-bond acceptors (Lipinski definition) is 7. The fraction of sp³-hybridized carbons (Fsp3) is 0.350. The van der Waals surface area contributed by atoms with E-state index in [0.717, 1.165) is 70.5 Å². The van der Waals surface area contributed by atoms with Crippen LogP contribution < -0.4 is 5.32 Å². The second-order valence-electron chi connectivity index (χ2n) is 13.7. The number of nitrogens with zero attached hydrogens (tertiary/aromatic N) is 2. The highest BCUT2D eigenvalue weighted by Crippen LogP contribution is 2.38. The number of halogens is 1. The Labute approximate surface area is 304 Å². The van der Waals surface area contributed by atoms with E-state index in [1.807, 2.05) is 30.3 Å². The van der Waals surface area contributed by atoms with E-state index in [4.69, 9.17) is 0 Å². The molecule has 4 aromatic rings. The van der Waals surface area contributed by atoms with Gasteiger partial charge in [0.15, 0.2) is 5.78 Å². The lowest BCUT2D eigenvalue weighted by Crippen LogP contribution is -2.54. The quantitative estimate of drug-likeness (QED) is 0.0956. The minimum absolute atomic E-state index is 0.0251. The topological polar surface area (TPSA) is 137 Å². The second-order valence-corrected chi connectivity index (χ2v) is 14.9. The Balaban J connectivity index is 0.862. The number of H-pyrrole nitrogens is 1. The van der Waals surface area contributed by atoms with E-state index in [1.165, 1.54) is 23.9 Å². The van der Waals surface area contributed by atoms with Gasteiger partial charge in [-0.1, -0.05) is 43.2 Å². The zero-order valence-electron chi connectivity index (χ0n) is 28.9. The highest BCUT2D eigenvalue weighted by molar-refractivity contribution is 7.99. The molecule has 2 N–H and O–H groups in total. The van der Waals surface area contributed by atoms with E-state index in [-0.39, 0.29) is 30.1 Å². The third-order valence-corrected chi connectivity index (χ3v) is 11.3. The number of thioether (sulfide) groups is 1. The highest BCUT2D eigenvalue weighted by atomic mass is 32.2. The zero-order valence-corrected chi connectivity index (χ0v) is 29.7. The number of amides is 5. The normalized spacial score (nSPS) is 17.1. The molecule has 1 aliphatic carbocycles. The molecule has 0 radical (unpaired) electrons. The zero-order chi connectivity index (χ0) is 36.5. The molecule has 7 rings (SSSR count). The molecule has 3 aliphatic rings. The molecule has 0 bridgehead atoms. The van der Waals surface area contributed by atoms with Gasteiger partial charge in [0, 0.05) is 59.9 Å². The molecule has 0 saturated carbocycles. The average Bonchev–Trinajstić information content (AvgIpc) is 3.54. The van der Waals surface area contributed by atoms with Gasteiger partial charge in [-0.2, -0.15) is 0 Å². The number of imide groups is 2. The number of hydrogen-bond donors (Lipinski definition) is 2. The maximum absolute atomic E-state index is 14.3. The Morgan fingerprint density at radius 3 is 2.50 bits per heavy atom. The summed E-state index contributed by atoms with van der Waals surface area (Å²) in [6.07, 6.45) is 5.92. The number of Topliss-reactive ketones (excluding diaryl/α,β-unsaturated/α-hetero) is 1. The summed E-state index contributed by atoms with van der Waals surface area (Å²) >= 11 is 1.50. The van der Waals surface area contributed by atoms with Crippen molar-refractivity contribution in [1.29, 1.82) is 0 Å². The van der Waals surface area contributed by atoms with Gasteiger partial charge in [0.05, 0.1) is 11.1 Å². The van der Waals surface area contributed by atoms with Gasteiger partial charge in [0.2, 0.25) is 17.7 Å². The van der Waals surface area contributed by atoms with Crippen molar-refractivity contribution in [3.63, 3.8) is 0 Å². The predicted octanol–water partition coefficient (Wildman–Crippen LogP) is 6.60. The first-order valence-electron chi connectivity index (χ1n) is 17.8. The third-order valence-electron chi connectivity index (χ3n) is 10.2. The van der Waals surface area contributed by atoms with Gasteiger partial charge >= 0.3 is 0 Å². The third kappa shape index (κ3) is 6.91. The van der Waals surface area contributed by atoms with Crippen LogP contribution in [0.25, 0.3) is 22.2 Å². The Kier molecular flexibility index (Phi) is 10.1. The maximum atomic E-state index is 14.3. The number of aromatic amines is 1. The van der Waals surface area contributed by atoms with Crippen LogP contribution in [-0.4, -0.2) is 68.9 Å². The number of benzene rings is 3. The first kappa shape index (κ1) is 35.3. The molecule has 268 valence electrons. The number of piperidine rings is 1. The Morgan fingerprint density at radius 2 is 1.71 bits per heavy atom. The summed E-state index contributed by atoms with van der Waals surface area (Å²) in [6.45, 7) is 0.475. The minimum atomic E-state index is -0.990. The second kappa shape index (κ2) is 14.9. The lowest BCUT2D eigenvalue weighted by molar-refractivity contribution is -0.136. The summed E-state index contributed by atoms with van der Waals surface area (Å²) in [5, 5.41) is 3.04. The van der Waals surface area contributed by atoms with Crippen LogP contribution in [0.4, 0.5) is 4.39 Å². The molecular formula is C40H39FN4O6S. The first-order chi connectivity index (χ1) is 25.1. The molecule has 12 heteroatoms. The number of rotatable bonds is 12. The number of aromatic nitrogens is 1. The molecule has 52 heavy (non-hydrogen) atoms. The average molecular weight is 723 g/mol. The van der Waals surface area contributed by atoms with Gasteiger partial charge in [-0.3, -0.25) is 39.0 Å². The van der Waals surface area contributed by atoms with Crippen molar-refractivity contribution in [2.24, 2.45) is 0 Å². The lowest BCUT2D eigenvalue weighted by atomic mass is 9.99. The van der Waals surface area contributed by atoms with Crippen molar-refractivity contribution in [1.82, 2.24) is 20.1 Å². The SMILES string of the molecule is CN(Cc1ccc(-c2[nH]c3cc(F)cc4c3c2CCCC4=O)cc1)C(=O)CCCCCCSc1cccc2c1C(=O)N(C1CCC(=O)NC1=O)C2=O. The van der Waals surface area contributed by atoms with Gasteiger partial charge in [0.1, 0.15) is 11.9 Å². The Morgan fingerprint density at radius 1 is 0.923 bits per heavy atom. The summed E-state index contributed by atoms with van der Waals surface area (Å²) in [5.41, 5.74) is 5.58. The van der Waals surface area contributed by atoms with Crippen molar-refractivity contribution in [3.8, 4) is 11.3 Å². The molecule has 1 saturated heterocycles. The van der Waals surface area contributed by atoms with Crippen molar-refractivity contribution in [2.75, 3.05) is 12.8 Å². The van der Waals surface area contributed by atoms with Crippen LogP contribution in [0.15, 0.2) is 59.5 Å². The van der Waals surface area contributed by atoms with Crippen LogP contribution in [0, 0.1) is 5.82 Å². The van der Waals surface area contributed by atoms with E-state index < -0.39 is 35.5 Å². The van der Waals surface area contributed by atoms with Crippen LogP contribution in [-0.2, 0) is 27.3 Å². The van der Waals surface area contributed by atoms with Gasteiger partial charge in [-0.05, 0) is 78.8 Å². The van der Waals surface area contributed by atoms with Crippen LogP contribution in [0.5, 0.6) is 0 Å². The number of ketones is 1. The largest absolute Gasteiger partial charge is 0.354 e. The Bertz CT molecular complexity index is 2130. The van der Waals surface area contributed by atoms with Crippen LogP contribution >= 0.6 is 11.8 Å². The molecular weight excluding hydrogens is 684 g/mol. The molecule has 1 unspecified atom stereocenters. The summed E-state index contributed by atoms with van der Waals surface area (Å²) < 4.78 is 14.3. The predicted molar refractivity (Wildman–Crippen MR) is 194 cm³/mol. The van der Waals surface area contributed by atoms with E-state index >= 15 is 0 Å². The van der Waals surface area contributed by atoms with Crippen LogP contribution in [0.2, 0.25) is 0 Å². The summed E-state index contributed by atoms with van der Waals surface area (Å²) in [4.78, 5) is 82.6. The molecule has 3 heterocycles. The van der Waals surface area contributed by atoms with Gasteiger partial charge in [-0.25, -0.2) is 4.39 Å². The molecule has 1 aromatic heterocycles. The summed E-state index contributed by atoms with van der Waals surface area (Å²) in [6, 6.07) is 14.9. The van der Waals surface area contributed by atoms with Crippen molar-refractivity contribution >= 4 is 58.0 Å². The number of carbonyl (C=O) groups excluding carboxylic acids is 6.